The van der Waals surface area contributed by atoms with Gasteiger partial charge in [0.05, 0.1) is 23.9 Å². The molecule has 2 saturated heterocycles. The van der Waals surface area contributed by atoms with Gasteiger partial charge in [0.25, 0.3) is 0 Å². The molecule has 6 rings (SSSR count). The Labute approximate surface area is 272 Å². The van der Waals surface area contributed by atoms with Crippen molar-refractivity contribution in [2.24, 2.45) is 5.92 Å². The maximum Gasteiger partial charge on any atom is 0.416 e. The standard InChI is InChI=1S/C34H35F6N3O5/c1-18-31(22-13-23(33(35,36)37)16-24(14-22)34(38,39)40)48-32(46)43(18)17-27-25(5-7-29(41-27)42-8-3-9-42)26-15-20(4-6-28(26)47-2)21-10-19(11-21)12-30(44)45/h4-7,13-16,18-19,21,31-32,46H,3,8-12,17H2,1-2H3,(H,44,45)/t18-,19?,21?,31-,32?/m0/s1. The summed E-state index contributed by atoms with van der Waals surface area (Å²) in [6.45, 7) is 3.13. The van der Waals surface area contributed by atoms with Crippen molar-refractivity contribution in [3.05, 3.63) is 76.5 Å². The average molecular weight is 680 g/mol. The van der Waals surface area contributed by atoms with Crippen molar-refractivity contribution >= 4 is 11.8 Å². The summed E-state index contributed by atoms with van der Waals surface area (Å²) in [5.74, 6) is 0.677. The molecule has 3 fully saturated rings. The van der Waals surface area contributed by atoms with Crippen molar-refractivity contribution in [3.8, 4) is 16.9 Å². The molecule has 48 heavy (non-hydrogen) atoms. The molecule has 3 atom stereocenters. The van der Waals surface area contributed by atoms with Crippen molar-refractivity contribution in [2.75, 3.05) is 25.1 Å². The maximum atomic E-state index is 13.6. The minimum absolute atomic E-state index is 0.0432. The van der Waals surface area contributed by atoms with Gasteiger partial charge < -0.3 is 24.6 Å². The number of anilines is 1. The highest BCUT2D eigenvalue weighted by atomic mass is 19.4. The third-order valence-corrected chi connectivity index (χ3v) is 9.61. The Balaban J connectivity index is 1.34. The second-order valence-corrected chi connectivity index (χ2v) is 12.7. The highest BCUT2D eigenvalue weighted by Crippen LogP contribution is 2.47. The lowest BCUT2D eigenvalue weighted by Crippen LogP contribution is -2.38. The molecular weight excluding hydrogens is 644 g/mol. The molecule has 0 bridgehead atoms. The molecule has 1 aromatic heterocycles. The lowest BCUT2D eigenvalue weighted by molar-refractivity contribution is -0.154. The van der Waals surface area contributed by atoms with Crippen LogP contribution in [0, 0.1) is 5.92 Å². The number of carboxylic acid groups (broad SMARTS) is 1. The van der Waals surface area contributed by atoms with E-state index in [1.54, 1.807) is 6.92 Å². The number of halogens is 6. The molecule has 0 amide bonds. The van der Waals surface area contributed by atoms with E-state index in [0.29, 0.717) is 40.5 Å². The molecule has 14 heteroatoms. The molecule has 8 nitrogen and oxygen atoms in total. The highest BCUT2D eigenvalue weighted by Gasteiger charge is 2.43. The van der Waals surface area contributed by atoms with Crippen LogP contribution in [0.4, 0.5) is 32.2 Å². The summed E-state index contributed by atoms with van der Waals surface area (Å²) in [4.78, 5) is 19.6. The number of aliphatic hydroxyl groups excluding tert-OH is 1. The minimum atomic E-state index is -5.03. The van der Waals surface area contributed by atoms with Gasteiger partial charge in [-0.2, -0.15) is 26.3 Å². The Kier molecular flexibility index (Phi) is 9.11. The summed E-state index contributed by atoms with van der Waals surface area (Å²) in [5, 5.41) is 20.2. The number of hydrogen-bond acceptors (Lipinski definition) is 7. The number of aromatic nitrogens is 1. The summed E-state index contributed by atoms with van der Waals surface area (Å²) in [5.41, 5.74) is -0.396. The molecule has 1 aliphatic carbocycles. The molecule has 2 aromatic carbocycles. The number of methoxy groups -OCH3 is 1. The Morgan fingerprint density at radius 2 is 1.62 bits per heavy atom. The summed E-state index contributed by atoms with van der Waals surface area (Å²) < 4.78 is 93.1. The van der Waals surface area contributed by atoms with E-state index in [-0.39, 0.29) is 36.4 Å². The minimum Gasteiger partial charge on any atom is -0.496 e. The SMILES string of the molecule is COc1ccc(C2CC(CC(=O)O)C2)cc1-c1ccc(N2CCC2)nc1CN1C(O)O[C@H](c2cc(C(F)(F)F)cc(C(F)(F)F)c2)[C@@H]1C. The molecule has 0 radical (unpaired) electrons. The van der Waals surface area contributed by atoms with Gasteiger partial charge in [-0.1, -0.05) is 6.07 Å². The van der Waals surface area contributed by atoms with Crippen LogP contribution in [0.2, 0.25) is 0 Å². The zero-order chi connectivity index (χ0) is 34.5. The van der Waals surface area contributed by atoms with E-state index in [0.717, 1.165) is 37.9 Å². The molecule has 3 heterocycles. The van der Waals surface area contributed by atoms with Crippen LogP contribution in [0.1, 0.15) is 72.6 Å². The van der Waals surface area contributed by atoms with Gasteiger partial charge in [0, 0.05) is 43.2 Å². The number of hydrogen-bond donors (Lipinski definition) is 2. The van der Waals surface area contributed by atoms with Crippen molar-refractivity contribution in [2.45, 2.75) is 76.0 Å². The van der Waals surface area contributed by atoms with E-state index in [9.17, 15) is 36.2 Å². The van der Waals surface area contributed by atoms with E-state index >= 15 is 0 Å². The van der Waals surface area contributed by atoms with E-state index in [4.69, 9.17) is 19.6 Å². The van der Waals surface area contributed by atoms with Gasteiger partial charge in [0.2, 0.25) is 6.41 Å². The fourth-order valence-electron chi connectivity index (χ4n) is 6.78. The number of nitrogens with zero attached hydrogens (tertiary/aromatic N) is 3. The summed E-state index contributed by atoms with van der Waals surface area (Å²) in [6.07, 6.45) is -10.4. The lowest BCUT2D eigenvalue weighted by Gasteiger charge is -2.35. The largest absolute Gasteiger partial charge is 0.496 e. The van der Waals surface area contributed by atoms with Gasteiger partial charge in [-0.15, -0.1) is 0 Å². The first kappa shape index (κ1) is 34.0. The lowest BCUT2D eigenvalue weighted by atomic mass is 9.70. The van der Waals surface area contributed by atoms with Gasteiger partial charge in [0.15, 0.2) is 0 Å². The van der Waals surface area contributed by atoms with Crippen LogP contribution < -0.4 is 9.64 Å². The average Bonchev–Trinajstić information content (AvgIpc) is 3.25. The Bertz CT molecular complexity index is 1640. The smallest absolute Gasteiger partial charge is 0.416 e. The first-order chi connectivity index (χ1) is 22.6. The summed E-state index contributed by atoms with van der Waals surface area (Å²) >= 11 is 0. The quantitative estimate of drug-likeness (QED) is 0.229. The second kappa shape index (κ2) is 12.9. The van der Waals surface area contributed by atoms with Crippen molar-refractivity contribution in [3.63, 3.8) is 0 Å². The Hall–Kier alpha value is -3.88. The molecule has 2 N–H and O–H groups in total. The molecule has 3 aromatic rings. The van der Waals surface area contributed by atoms with Crippen LogP contribution in [0.15, 0.2) is 48.5 Å². The predicted octanol–water partition coefficient (Wildman–Crippen LogP) is 7.21. The molecule has 258 valence electrons. The van der Waals surface area contributed by atoms with Crippen LogP contribution in [-0.4, -0.2) is 58.7 Å². The van der Waals surface area contributed by atoms with Crippen molar-refractivity contribution in [1.82, 2.24) is 9.88 Å². The van der Waals surface area contributed by atoms with Gasteiger partial charge in [-0.3, -0.25) is 4.79 Å². The zero-order valence-corrected chi connectivity index (χ0v) is 26.2. The molecule has 1 saturated carbocycles. The Morgan fingerprint density at radius 3 is 2.19 bits per heavy atom. The number of pyridine rings is 1. The number of rotatable bonds is 9. The predicted molar refractivity (Wildman–Crippen MR) is 162 cm³/mol. The Morgan fingerprint density at radius 1 is 0.958 bits per heavy atom. The first-order valence-electron chi connectivity index (χ1n) is 15.7. The van der Waals surface area contributed by atoms with E-state index in [1.165, 1.54) is 12.0 Å². The highest BCUT2D eigenvalue weighted by molar-refractivity contribution is 5.74. The van der Waals surface area contributed by atoms with Crippen LogP contribution in [0.5, 0.6) is 5.75 Å². The summed E-state index contributed by atoms with van der Waals surface area (Å²) in [7, 11) is 1.53. The van der Waals surface area contributed by atoms with Gasteiger partial charge in [0.1, 0.15) is 17.7 Å². The monoisotopic (exact) mass is 679 g/mol. The van der Waals surface area contributed by atoms with Crippen molar-refractivity contribution in [1.29, 1.82) is 0 Å². The van der Waals surface area contributed by atoms with Gasteiger partial charge >= 0.3 is 18.3 Å². The van der Waals surface area contributed by atoms with E-state index in [1.807, 2.05) is 30.3 Å². The van der Waals surface area contributed by atoms with Crippen LogP contribution >= 0.6 is 0 Å². The number of carboxylic acids is 1. The third kappa shape index (κ3) is 6.83. The van der Waals surface area contributed by atoms with E-state index < -0.39 is 48.0 Å². The third-order valence-electron chi connectivity index (χ3n) is 9.61. The maximum absolute atomic E-state index is 13.6. The van der Waals surface area contributed by atoms with Crippen molar-refractivity contribution < 1.29 is 50.8 Å². The van der Waals surface area contributed by atoms with Crippen LogP contribution in [0.3, 0.4) is 0 Å². The zero-order valence-electron chi connectivity index (χ0n) is 26.2. The normalized spacial score (nSPS) is 24.7. The molecular formula is C34H35F6N3O5. The second-order valence-electron chi connectivity index (χ2n) is 12.7. The molecule has 0 spiro atoms. The fraction of sp³-hybridized carbons (Fsp3) is 0.471. The van der Waals surface area contributed by atoms with Crippen LogP contribution in [-0.2, 0) is 28.4 Å². The number of alkyl halides is 6. The number of benzene rings is 2. The number of carbonyl (C=O) groups is 1. The molecule has 2 aliphatic heterocycles. The topological polar surface area (TPSA) is 95.4 Å². The molecule has 1 unspecified atom stereocenters. The van der Waals surface area contributed by atoms with Crippen LogP contribution in [0.25, 0.3) is 11.1 Å². The number of aliphatic carboxylic acids is 1. The summed E-state index contributed by atoms with van der Waals surface area (Å²) in [6, 6.07) is 9.99. The van der Waals surface area contributed by atoms with Gasteiger partial charge in [-0.25, -0.2) is 9.88 Å². The first-order valence-corrected chi connectivity index (χ1v) is 15.7. The number of aliphatic hydroxyl groups is 1. The van der Waals surface area contributed by atoms with E-state index in [2.05, 4.69) is 4.90 Å². The fourth-order valence-corrected chi connectivity index (χ4v) is 6.78. The molecule has 3 aliphatic rings. The number of ether oxygens (including phenoxy) is 2. The van der Waals surface area contributed by atoms with Gasteiger partial charge in [-0.05, 0) is 91.6 Å².